The summed E-state index contributed by atoms with van der Waals surface area (Å²) in [6.07, 6.45) is 5.58. The van der Waals surface area contributed by atoms with E-state index in [1.807, 2.05) is 0 Å². The fourth-order valence-corrected chi connectivity index (χ4v) is 2.02. The molecule has 20 heavy (non-hydrogen) atoms. The normalized spacial score (nSPS) is 14.2. The Bertz CT molecular complexity index is 458. The van der Waals surface area contributed by atoms with Gasteiger partial charge < -0.3 is 10.1 Å². The van der Waals surface area contributed by atoms with Crippen LogP contribution in [0.5, 0.6) is 5.75 Å². The van der Waals surface area contributed by atoms with E-state index >= 15 is 0 Å². The van der Waals surface area contributed by atoms with E-state index in [4.69, 9.17) is 4.74 Å². The van der Waals surface area contributed by atoms with Crippen LogP contribution in [0.2, 0.25) is 0 Å². The minimum atomic E-state index is -0.382. The molecule has 1 aliphatic carbocycles. The molecular formula is C15H22N2O3. The number of ether oxygens (including phenoxy) is 1. The zero-order chi connectivity index (χ0) is 14.4. The van der Waals surface area contributed by atoms with Crippen LogP contribution in [0.4, 0.5) is 5.69 Å². The highest BCUT2D eigenvalue weighted by Crippen LogP contribution is 2.28. The molecule has 1 aromatic rings. The molecule has 0 saturated heterocycles. The highest BCUT2D eigenvalue weighted by molar-refractivity contribution is 5.48. The molecule has 0 atom stereocenters. The van der Waals surface area contributed by atoms with E-state index in [2.05, 4.69) is 12.2 Å². The number of nitro groups is 1. The van der Waals surface area contributed by atoms with Gasteiger partial charge in [-0.1, -0.05) is 25.8 Å². The van der Waals surface area contributed by atoms with Gasteiger partial charge in [0.25, 0.3) is 0 Å². The summed E-state index contributed by atoms with van der Waals surface area (Å²) in [6.45, 7) is 3.40. The molecule has 110 valence electrons. The number of nitro benzene ring substituents is 1. The van der Waals surface area contributed by atoms with Gasteiger partial charge in [-0.15, -0.1) is 0 Å². The van der Waals surface area contributed by atoms with Crippen molar-refractivity contribution in [1.82, 2.24) is 5.32 Å². The Morgan fingerprint density at radius 1 is 1.40 bits per heavy atom. The second-order valence-electron chi connectivity index (χ2n) is 5.27. The van der Waals surface area contributed by atoms with Gasteiger partial charge in [0.05, 0.1) is 11.5 Å². The lowest BCUT2D eigenvalue weighted by molar-refractivity contribution is -0.385. The second kappa shape index (κ2) is 7.24. The molecule has 0 radical (unpaired) electrons. The largest absolute Gasteiger partial charge is 0.487 e. The summed E-state index contributed by atoms with van der Waals surface area (Å²) in [4.78, 5) is 10.6. The molecule has 1 aliphatic rings. The number of hydrogen-bond donors (Lipinski definition) is 1. The number of rotatable bonds is 9. The van der Waals surface area contributed by atoms with Crippen molar-refractivity contribution >= 4 is 5.69 Å². The summed E-state index contributed by atoms with van der Waals surface area (Å²) in [5.74, 6) is 0.390. The van der Waals surface area contributed by atoms with Crippen molar-refractivity contribution in [3.05, 3.63) is 33.9 Å². The van der Waals surface area contributed by atoms with Gasteiger partial charge in [-0.25, -0.2) is 0 Å². The van der Waals surface area contributed by atoms with Gasteiger partial charge in [-0.2, -0.15) is 0 Å². The lowest BCUT2D eigenvalue weighted by Crippen LogP contribution is -2.15. The van der Waals surface area contributed by atoms with Crippen LogP contribution in [0, 0.1) is 10.1 Å². The Balaban J connectivity index is 1.98. The molecule has 0 aromatic heterocycles. The summed E-state index contributed by atoms with van der Waals surface area (Å²) in [5.41, 5.74) is 1.09. The van der Waals surface area contributed by atoms with Crippen molar-refractivity contribution in [2.45, 2.75) is 51.6 Å². The summed E-state index contributed by atoms with van der Waals surface area (Å²) < 4.78 is 5.59. The summed E-state index contributed by atoms with van der Waals surface area (Å²) in [6, 6.07) is 5.75. The van der Waals surface area contributed by atoms with Crippen LogP contribution in [-0.4, -0.2) is 17.6 Å². The molecule has 1 N–H and O–H groups in total. The monoisotopic (exact) mass is 278 g/mol. The van der Waals surface area contributed by atoms with E-state index in [1.165, 1.54) is 12.8 Å². The first-order chi connectivity index (χ1) is 9.70. The Hall–Kier alpha value is -1.62. The van der Waals surface area contributed by atoms with Crippen molar-refractivity contribution < 1.29 is 9.66 Å². The summed E-state index contributed by atoms with van der Waals surface area (Å²) >= 11 is 0. The third-order valence-electron chi connectivity index (χ3n) is 3.40. The molecular weight excluding hydrogens is 256 g/mol. The van der Waals surface area contributed by atoms with Crippen LogP contribution in [0.3, 0.4) is 0 Å². The molecule has 0 spiro atoms. The number of nitrogens with one attached hydrogen (secondary N) is 1. The van der Waals surface area contributed by atoms with Crippen LogP contribution < -0.4 is 10.1 Å². The minimum Gasteiger partial charge on any atom is -0.487 e. The van der Waals surface area contributed by atoms with E-state index in [0.29, 0.717) is 18.4 Å². The third-order valence-corrected chi connectivity index (χ3v) is 3.40. The molecule has 5 nitrogen and oxygen atoms in total. The first-order valence-corrected chi connectivity index (χ1v) is 7.34. The average molecular weight is 278 g/mol. The molecule has 1 aromatic carbocycles. The maximum Gasteiger partial charge on any atom is 0.310 e. The minimum absolute atomic E-state index is 0.0525. The average Bonchev–Trinajstić information content (AvgIpc) is 3.25. The van der Waals surface area contributed by atoms with E-state index in [-0.39, 0.29) is 10.6 Å². The molecule has 5 heteroatoms. The molecule has 0 bridgehead atoms. The molecule has 0 heterocycles. The van der Waals surface area contributed by atoms with E-state index in [9.17, 15) is 10.1 Å². The predicted molar refractivity (Wildman–Crippen MR) is 78.0 cm³/mol. The quantitative estimate of drug-likeness (QED) is 0.427. The van der Waals surface area contributed by atoms with Crippen molar-refractivity contribution in [3.8, 4) is 5.75 Å². The SMILES string of the molecule is CCCCCOc1cc(CNC2CC2)ccc1[N+](=O)[O-]. The topological polar surface area (TPSA) is 64.4 Å². The lowest BCUT2D eigenvalue weighted by atomic mass is 10.2. The smallest absolute Gasteiger partial charge is 0.310 e. The summed E-state index contributed by atoms with van der Waals surface area (Å²) in [5, 5.41) is 14.4. The molecule has 2 rings (SSSR count). The van der Waals surface area contributed by atoms with Gasteiger partial charge in [0.2, 0.25) is 0 Å². The Morgan fingerprint density at radius 3 is 2.85 bits per heavy atom. The highest BCUT2D eigenvalue weighted by atomic mass is 16.6. The molecule has 0 unspecified atom stereocenters. The van der Waals surface area contributed by atoms with Crippen molar-refractivity contribution in [3.63, 3.8) is 0 Å². The molecule has 0 amide bonds. The summed E-state index contributed by atoms with van der Waals surface area (Å²) in [7, 11) is 0. The van der Waals surface area contributed by atoms with Crippen LogP contribution in [0.25, 0.3) is 0 Å². The molecule has 0 aliphatic heterocycles. The number of nitrogens with zero attached hydrogens (tertiary/aromatic N) is 1. The van der Waals surface area contributed by atoms with E-state index in [1.54, 1.807) is 18.2 Å². The Kier molecular flexibility index (Phi) is 5.35. The van der Waals surface area contributed by atoms with Crippen molar-refractivity contribution in [1.29, 1.82) is 0 Å². The standard InChI is InChI=1S/C15H22N2O3/c1-2-3-4-9-20-15-10-12(11-16-13-6-7-13)5-8-14(15)17(18)19/h5,8,10,13,16H,2-4,6-7,9,11H2,1H3. The van der Waals surface area contributed by atoms with Gasteiger partial charge in [-0.05, 0) is 30.9 Å². The van der Waals surface area contributed by atoms with Gasteiger partial charge >= 0.3 is 5.69 Å². The van der Waals surface area contributed by atoms with E-state index in [0.717, 1.165) is 31.4 Å². The molecule has 1 fully saturated rings. The third kappa shape index (κ3) is 4.49. The van der Waals surface area contributed by atoms with Crippen LogP contribution in [-0.2, 0) is 6.54 Å². The van der Waals surface area contributed by atoms with Crippen LogP contribution in [0.1, 0.15) is 44.6 Å². The maximum absolute atomic E-state index is 11.0. The Labute approximate surface area is 119 Å². The number of hydrogen-bond acceptors (Lipinski definition) is 4. The zero-order valence-corrected chi connectivity index (χ0v) is 11.9. The van der Waals surface area contributed by atoms with Gasteiger partial charge in [0.1, 0.15) is 0 Å². The predicted octanol–water partition coefficient (Wildman–Crippen LogP) is 3.42. The molecule has 1 saturated carbocycles. The number of benzene rings is 1. The van der Waals surface area contributed by atoms with Gasteiger partial charge in [-0.3, -0.25) is 10.1 Å². The van der Waals surface area contributed by atoms with Gasteiger partial charge in [0.15, 0.2) is 5.75 Å². The first-order valence-electron chi connectivity index (χ1n) is 7.34. The Morgan fingerprint density at radius 2 is 2.20 bits per heavy atom. The van der Waals surface area contributed by atoms with Crippen molar-refractivity contribution in [2.24, 2.45) is 0 Å². The fraction of sp³-hybridized carbons (Fsp3) is 0.600. The number of unbranched alkanes of at least 4 members (excludes halogenated alkanes) is 2. The zero-order valence-electron chi connectivity index (χ0n) is 11.9. The van der Waals surface area contributed by atoms with Gasteiger partial charge in [0, 0.05) is 18.7 Å². The van der Waals surface area contributed by atoms with E-state index < -0.39 is 0 Å². The van der Waals surface area contributed by atoms with Crippen LogP contribution >= 0.6 is 0 Å². The maximum atomic E-state index is 11.0. The highest BCUT2D eigenvalue weighted by Gasteiger charge is 2.21. The lowest BCUT2D eigenvalue weighted by Gasteiger charge is -2.09. The first kappa shape index (κ1) is 14.8. The van der Waals surface area contributed by atoms with Crippen LogP contribution in [0.15, 0.2) is 18.2 Å². The fourth-order valence-electron chi connectivity index (χ4n) is 2.02. The second-order valence-corrected chi connectivity index (χ2v) is 5.27. The van der Waals surface area contributed by atoms with Crippen molar-refractivity contribution in [2.75, 3.05) is 6.61 Å².